The Hall–Kier alpha value is -0.350. The summed E-state index contributed by atoms with van der Waals surface area (Å²) in [4.78, 5) is 0. The van der Waals surface area contributed by atoms with Crippen molar-refractivity contribution >= 4 is 10.0 Å². The highest BCUT2D eigenvalue weighted by Crippen LogP contribution is 2.35. The smallest absolute Gasteiger partial charge is 0.212 e. The monoisotopic (exact) mass is 243 g/mol. The second-order valence-electron chi connectivity index (χ2n) is 5.83. The summed E-state index contributed by atoms with van der Waals surface area (Å²) in [6.45, 7) is 7.80. The number of rotatable bonds is 2. The standard InChI is InChI=1S/C12H21NO2S/c1-12(2,3)10-6-8-13(9-7-10)16(14,15)11-4-5-11/h6,11H,4-5,7-9H2,1-3H3. The zero-order valence-electron chi connectivity index (χ0n) is 10.4. The minimum Gasteiger partial charge on any atom is -0.212 e. The van der Waals surface area contributed by atoms with E-state index >= 15 is 0 Å². The number of hydrogen-bond donors (Lipinski definition) is 0. The van der Waals surface area contributed by atoms with Crippen LogP contribution in [0, 0.1) is 5.41 Å². The van der Waals surface area contributed by atoms with E-state index in [-0.39, 0.29) is 10.7 Å². The Kier molecular flexibility index (Phi) is 2.91. The summed E-state index contributed by atoms with van der Waals surface area (Å²) in [6.07, 6.45) is 4.70. The van der Waals surface area contributed by atoms with Gasteiger partial charge in [-0.1, -0.05) is 32.4 Å². The van der Waals surface area contributed by atoms with Crippen LogP contribution in [0.25, 0.3) is 0 Å². The second kappa shape index (κ2) is 3.84. The molecule has 2 rings (SSSR count). The molecule has 16 heavy (non-hydrogen) atoms. The zero-order valence-corrected chi connectivity index (χ0v) is 11.2. The number of nitrogens with zero attached hydrogens (tertiary/aromatic N) is 1. The van der Waals surface area contributed by atoms with E-state index in [0.717, 1.165) is 19.3 Å². The van der Waals surface area contributed by atoms with Crippen LogP contribution in [-0.4, -0.2) is 31.1 Å². The Balaban J connectivity index is 2.07. The first-order chi connectivity index (χ1) is 7.32. The van der Waals surface area contributed by atoms with Crippen LogP contribution in [0.4, 0.5) is 0 Å². The molecular weight excluding hydrogens is 222 g/mol. The molecule has 0 spiro atoms. The average Bonchev–Trinajstić information content (AvgIpc) is 3.00. The summed E-state index contributed by atoms with van der Waals surface area (Å²) in [7, 11) is -2.97. The lowest BCUT2D eigenvalue weighted by molar-refractivity contribution is 0.389. The van der Waals surface area contributed by atoms with E-state index in [9.17, 15) is 8.42 Å². The first kappa shape index (κ1) is 12.1. The van der Waals surface area contributed by atoms with Crippen molar-refractivity contribution in [2.45, 2.75) is 45.3 Å². The molecule has 0 saturated heterocycles. The molecule has 0 N–H and O–H groups in total. The highest BCUT2D eigenvalue weighted by atomic mass is 32.2. The molecule has 0 radical (unpaired) electrons. The molecule has 0 unspecified atom stereocenters. The van der Waals surface area contributed by atoms with Crippen molar-refractivity contribution < 1.29 is 8.42 Å². The van der Waals surface area contributed by atoms with Gasteiger partial charge in [-0.2, -0.15) is 4.31 Å². The third kappa shape index (κ3) is 2.33. The number of hydrogen-bond acceptors (Lipinski definition) is 2. The van der Waals surface area contributed by atoms with Gasteiger partial charge in [-0.3, -0.25) is 0 Å². The first-order valence-corrected chi connectivity index (χ1v) is 7.50. The van der Waals surface area contributed by atoms with Crippen LogP contribution >= 0.6 is 0 Å². The molecule has 92 valence electrons. The van der Waals surface area contributed by atoms with E-state index in [2.05, 4.69) is 26.8 Å². The van der Waals surface area contributed by atoms with Gasteiger partial charge in [0.15, 0.2) is 0 Å². The summed E-state index contributed by atoms with van der Waals surface area (Å²) < 4.78 is 25.7. The highest BCUT2D eigenvalue weighted by Gasteiger charge is 2.40. The quantitative estimate of drug-likeness (QED) is 0.697. The van der Waals surface area contributed by atoms with Crippen molar-refractivity contribution in [2.75, 3.05) is 13.1 Å². The minimum atomic E-state index is -2.97. The predicted octanol–water partition coefficient (Wildman–Crippen LogP) is 2.16. The minimum absolute atomic E-state index is 0.0721. The SMILES string of the molecule is CC(C)(C)C1=CCN(S(=O)(=O)C2CC2)CC1. The van der Waals surface area contributed by atoms with Crippen molar-refractivity contribution in [1.29, 1.82) is 0 Å². The summed E-state index contributed by atoms with van der Waals surface area (Å²) >= 11 is 0. The van der Waals surface area contributed by atoms with E-state index in [1.807, 2.05) is 0 Å². The summed E-state index contributed by atoms with van der Waals surface area (Å²) in [6, 6.07) is 0. The van der Waals surface area contributed by atoms with Gasteiger partial charge < -0.3 is 0 Å². The van der Waals surface area contributed by atoms with Crippen molar-refractivity contribution in [2.24, 2.45) is 5.41 Å². The molecule has 3 nitrogen and oxygen atoms in total. The lowest BCUT2D eigenvalue weighted by Crippen LogP contribution is -2.38. The van der Waals surface area contributed by atoms with Gasteiger partial charge >= 0.3 is 0 Å². The molecule has 0 aromatic carbocycles. The van der Waals surface area contributed by atoms with E-state index < -0.39 is 10.0 Å². The lowest BCUT2D eigenvalue weighted by atomic mass is 9.83. The summed E-state index contributed by atoms with van der Waals surface area (Å²) in [5.74, 6) is 0. The maximum atomic E-state index is 12.0. The summed E-state index contributed by atoms with van der Waals surface area (Å²) in [5, 5.41) is -0.0721. The maximum absolute atomic E-state index is 12.0. The zero-order chi connectivity index (χ0) is 12.0. The Morgan fingerprint density at radius 1 is 1.31 bits per heavy atom. The van der Waals surface area contributed by atoms with Crippen molar-refractivity contribution in [3.8, 4) is 0 Å². The first-order valence-electron chi connectivity index (χ1n) is 6.00. The Morgan fingerprint density at radius 3 is 2.31 bits per heavy atom. The van der Waals surface area contributed by atoms with Crippen LogP contribution in [0.2, 0.25) is 0 Å². The van der Waals surface area contributed by atoms with Gasteiger partial charge in [0.1, 0.15) is 0 Å². The molecule has 1 saturated carbocycles. The molecule has 0 atom stereocenters. The van der Waals surface area contributed by atoms with Gasteiger partial charge in [0, 0.05) is 13.1 Å². The third-order valence-corrected chi connectivity index (χ3v) is 5.81. The Morgan fingerprint density at radius 2 is 1.94 bits per heavy atom. The largest absolute Gasteiger partial charge is 0.217 e. The van der Waals surface area contributed by atoms with Gasteiger partial charge in [-0.25, -0.2) is 8.42 Å². The van der Waals surface area contributed by atoms with E-state index in [1.165, 1.54) is 5.57 Å². The van der Waals surface area contributed by atoms with E-state index in [1.54, 1.807) is 4.31 Å². The molecule has 2 aliphatic rings. The third-order valence-electron chi connectivity index (χ3n) is 3.44. The fourth-order valence-electron chi connectivity index (χ4n) is 2.14. The Bertz CT molecular complexity index is 399. The van der Waals surface area contributed by atoms with Crippen molar-refractivity contribution in [1.82, 2.24) is 4.31 Å². The van der Waals surface area contributed by atoms with Gasteiger partial charge in [-0.05, 0) is 24.7 Å². The van der Waals surface area contributed by atoms with Gasteiger partial charge in [-0.15, -0.1) is 0 Å². The van der Waals surface area contributed by atoms with Crippen LogP contribution in [0.15, 0.2) is 11.6 Å². The van der Waals surface area contributed by atoms with Gasteiger partial charge in [0.2, 0.25) is 10.0 Å². The maximum Gasteiger partial charge on any atom is 0.217 e. The van der Waals surface area contributed by atoms with Crippen molar-refractivity contribution in [3.63, 3.8) is 0 Å². The molecule has 1 fully saturated rings. The average molecular weight is 243 g/mol. The molecule has 0 amide bonds. The molecule has 1 aliphatic heterocycles. The molecule has 1 heterocycles. The van der Waals surface area contributed by atoms with Crippen LogP contribution in [-0.2, 0) is 10.0 Å². The molecular formula is C12H21NO2S. The molecule has 1 aliphatic carbocycles. The number of sulfonamides is 1. The van der Waals surface area contributed by atoms with Crippen LogP contribution < -0.4 is 0 Å². The molecule has 0 aromatic heterocycles. The lowest BCUT2D eigenvalue weighted by Gasteiger charge is -2.31. The normalized spacial score (nSPS) is 24.3. The predicted molar refractivity (Wildman–Crippen MR) is 65.7 cm³/mol. The van der Waals surface area contributed by atoms with E-state index in [4.69, 9.17) is 0 Å². The second-order valence-corrected chi connectivity index (χ2v) is 8.04. The van der Waals surface area contributed by atoms with Crippen LogP contribution in [0.3, 0.4) is 0 Å². The fourth-order valence-corrected chi connectivity index (χ4v) is 3.92. The Labute approximate surface area is 98.6 Å². The van der Waals surface area contributed by atoms with Gasteiger partial charge in [0.25, 0.3) is 0 Å². The highest BCUT2D eigenvalue weighted by molar-refractivity contribution is 7.90. The fraction of sp³-hybridized carbons (Fsp3) is 0.833. The van der Waals surface area contributed by atoms with Crippen LogP contribution in [0.5, 0.6) is 0 Å². The topological polar surface area (TPSA) is 37.4 Å². The molecule has 0 aromatic rings. The van der Waals surface area contributed by atoms with Crippen LogP contribution in [0.1, 0.15) is 40.0 Å². The van der Waals surface area contributed by atoms with Crippen molar-refractivity contribution in [3.05, 3.63) is 11.6 Å². The molecule has 0 bridgehead atoms. The van der Waals surface area contributed by atoms with E-state index in [0.29, 0.717) is 13.1 Å². The molecule has 4 heteroatoms. The van der Waals surface area contributed by atoms with Gasteiger partial charge in [0.05, 0.1) is 5.25 Å². The summed E-state index contributed by atoms with van der Waals surface area (Å²) in [5.41, 5.74) is 1.56.